The first-order valence-corrected chi connectivity index (χ1v) is 8.56. The number of halogens is 3. The molecule has 0 bridgehead atoms. The number of alkyl carbamates (subject to hydrolysis) is 1. The van der Waals surface area contributed by atoms with Crippen molar-refractivity contribution >= 4 is 17.9 Å². The number of carboxylic acid groups (broad SMARTS) is 1. The van der Waals surface area contributed by atoms with Crippen LogP contribution in [0.2, 0.25) is 0 Å². The third-order valence-electron chi connectivity index (χ3n) is 4.23. The molecule has 150 valence electrons. The Bertz CT molecular complexity index is 728. The maximum Gasteiger partial charge on any atom is 0.416 e. The predicted molar refractivity (Wildman–Crippen MR) is 92.8 cm³/mol. The molecule has 27 heavy (non-hydrogen) atoms. The normalized spacial score (nSPS) is 20.0. The number of rotatable bonds is 2. The van der Waals surface area contributed by atoms with E-state index in [0.29, 0.717) is 6.42 Å². The van der Waals surface area contributed by atoms with Crippen LogP contribution in [0, 0.1) is 0 Å². The summed E-state index contributed by atoms with van der Waals surface area (Å²) in [6.45, 7) is 6.79. The number of hydrogen-bond donors (Lipinski definition) is 2. The van der Waals surface area contributed by atoms with Crippen molar-refractivity contribution in [2.24, 2.45) is 0 Å². The number of benzene rings is 1. The van der Waals surface area contributed by atoms with E-state index >= 15 is 0 Å². The molecule has 9 heteroatoms. The highest BCUT2D eigenvalue weighted by atomic mass is 19.4. The van der Waals surface area contributed by atoms with Gasteiger partial charge in [-0.25, -0.2) is 9.59 Å². The third-order valence-corrected chi connectivity index (χ3v) is 4.23. The second-order valence-electron chi connectivity index (χ2n) is 7.42. The van der Waals surface area contributed by atoms with Gasteiger partial charge in [0.2, 0.25) is 0 Å². The first-order valence-electron chi connectivity index (χ1n) is 8.56. The van der Waals surface area contributed by atoms with E-state index in [1.807, 2.05) is 0 Å². The quantitative estimate of drug-likeness (QED) is 0.752. The number of ether oxygens (including phenoxy) is 1. The molecule has 1 heterocycles. The van der Waals surface area contributed by atoms with Crippen LogP contribution in [0.3, 0.4) is 0 Å². The standard InChI is InChI=1S/C18H23F3N2O4/c1-5-11-9-13(22-15(24)27-17(2,3)4)12-8-10(18(19,20)21)6-7-14(12)23(11)16(25)26/h6-8,11,13H,5,9H2,1-4H3,(H,22,24)(H,25,26)/t11-,13+/m1/s1. The van der Waals surface area contributed by atoms with Crippen LogP contribution >= 0.6 is 0 Å². The zero-order chi connectivity index (χ0) is 20.6. The monoisotopic (exact) mass is 388 g/mol. The summed E-state index contributed by atoms with van der Waals surface area (Å²) in [5.74, 6) is 0. The minimum Gasteiger partial charge on any atom is -0.465 e. The van der Waals surface area contributed by atoms with Crippen LogP contribution in [0.1, 0.15) is 57.7 Å². The first kappa shape index (κ1) is 20.9. The van der Waals surface area contributed by atoms with Crippen LogP contribution in [-0.2, 0) is 10.9 Å². The summed E-state index contributed by atoms with van der Waals surface area (Å²) in [5, 5.41) is 12.1. The van der Waals surface area contributed by atoms with Crippen LogP contribution in [0.25, 0.3) is 0 Å². The van der Waals surface area contributed by atoms with E-state index in [4.69, 9.17) is 4.74 Å². The number of carbonyl (C=O) groups excluding carboxylic acids is 1. The Labute approximate surface area is 155 Å². The summed E-state index contributed by atoms with van der Waals surface area (Å²) in [6.07, 6.45) is -6.01. The van der Waals surface area contributed by atoms with Crippen LogP contribution in [-0.4, -0.2) is 28.9 Å². The average molecular weight is 388 g/mol. The van der Waals surface area contributed by atoms with Gasteiger partial charge in [0, 0.05) is 6.04 Å². The summed E-state index contributed by atoms with van der Waals surface area (Å²) < 4.78 is 44.6. The van der Waals surface area contributed by atoms with E-state index in [0.717, 1.165) is 23.1 Å². The fourth-order valence-corrected chi connectivity index (χ4v) is 3.13. The molecule has 0 saturated heterocycles. The zero-order valence-electron chi connectivity index (χ0n) is 15.6. The highest BCUT2D eigenvalue weighted by Crippen LogP contribution is 2.41. The van der Waals surface area contributed by atoms with Crippen molar-refractivity contribution in [2.45, 2.75) is 64.4 Å². The van der Waals surface area contributed by atoms with Gasteiger partial charge in [-0.15, -0.1) is 0 Å². The van der Waals surface area contributed by atoms with Gasteiger partial charge >= 0.3 is 18.4 Å². The molecular formula is C18H23F3N2O4. The molecule has 1 aromatic rings. The van der Waals surface area contributed by atoms with Gasteiger partial charge in [-0.2, -0.15) is 13.2 Å². The van der Waals surface area contributed by atoms with Gasteiger partial charge in [0.25, 0.3) is 0 Å². The predicted octanol–water partition coefficient (Wildman–Crippen LogP) is 4.94. The zero-order valence-corrected chi connectivity index (χ0v) is 15.6. The average Bonchev–Trinajstić information content (AvgIpc) is 2.50. The first-order chi connectivity index (χ1) is 12.3. The minimum atomic E-state index is -4.58. The highest BCUT2D eigenvalue weighted by molar-refractivity contribution is 5.89. The molecule has 0 unspecified atom stereocenters. The molecule has 0 fully saturated rings. The molecule has 1 aliphatic rings. The molecule has 2 rings (SSSR count). The van der Waals surface area contributed by atoms with Crippen molar-refractivity contribution in [2.75, 3.05) is 4.90 Å². The second kappa shape index (κ2) is 7.28. The molecular weight excluding hydrogens is 365 g/mol. The number of alkyl halides is 3. The summed E-state index contributed by atoms with van der Waals surface area (Å²) >= 11 is 0. The molecule has 0 aliphatic carbocycles. The van der Waals surface area contributed by atoms with Crippen LogP contribution in [0.4, 0.5) is 28.4 Å². The lowest BCUT2D eigenvalue weighted by molar-refractivity contribution is -0.137. The fourth-order valence-electron chi connectivity index (χ4n) is 3.13. The van der Waals surface area contributed by atoms with Crippen molar-refractivity contribution < 1.29 is 32.6 Å². The molecule has 2 atom stereocenters. The van der Waals surface area contributed by atoms with Gasteiger partial charge in [-0.3, -0.25) is 4.90 Å². The molecule has 0 aromatic heterocycles. The van der Waals surface area contributed by atoms with Gasteiger partial charge in [0.1, 0.15) is 5.60 Å². The van der Waals surface area contributed by atoms with Crippen molar-refractivity contribution in [3.8, 4) is 0 Å². The number of amides is 2. The minimum absolute atomic E-state index is 0.0998. The lowest BCUT2D eigenvalue weighted by Gasteiger charge is -2.39. The lowest BCUT2D eigenvalue weighted by Crippen LogP contribution is -2.47. The van der Waals surface area contributed by atoms with E-state index in [1.54, 1.807) is 27.7 Å². The number of nitrogens with one attached hydrogen (secondary N) is 1. The fraction of sp³-hybridized carbons (Fsp3) is 0.556. The smallest absolute Gasteiger partial charge is 0.416 e. The molecule has 0 spiro atoms. The van der Waals surface area contributed by atoms with Gasteiger partial charge in [0.05, 0.1) is 17.3 Å². The Morgan fingerprint density at radius 3 is 2.41 bits per heavy atom. The molecule has 0 saturated carbocycles. The number of carbonyl (C=O) groups is 2. The summed E-state index contributed by atoms with van der Waals surface area (Å²) in [4.78, 5) is 24.9. The van der Waals surface area contributed by atoms with Crippen molar-refractivity contribution in [3.05, 3.63) is 29.3 Å². The molecule has 2 amide bonds. The largest absolute Gasteiger partial charge is 0.465 e. The number of hydrogen-bond acceptors (Lipinski definition) is 3. The van der Waals surface area contributed by atoms with E-state index in [-0.39, 0.29) is 17.7 Å². The van der Waals surface area contributed by atoms with Gasteiger partial charge in [0.15, 0.2) is 0 Å². The molecule has 0 radical (unpaired) electrons. The summed E-state index contributed by atoms with van der Waals surface area (Å²) in [7, 11) is 0. The van der Waals surface area contributed by atoms with E-state index in [2.05, 4.69) is 5.32 Å². The molecule has 1 aromatic carbocycles. The highest BCUT2D eigenvalue weighted by Gasteiger charge is 2.39. The maximum absolute atomic E-state index is 13.1. The summed E-state index contributed by atoms with van der Waals surface area (Å²) in [6, 6.07) is 1.60. The van der Waals surface area contributed by atoms with Crippen LogP contribution in [0.15, 0.2) is 18.2 Å². The Hall–Kier alpha value is -2.45. The van der Waals surface area contributed by atoms with Crippen LogP contribution in [0.5, 0.6) is 0 Å². The second-order valence-corrected chi connectivity index (χ2v) is 7.42. The molecule has 2 N–H and O–H groups in total. The molecule has 1 aliphatic heterocycles. The Kier molecular flexibility index (Phi) is 5.63. The number of anilines is 1. The van der Waals surface area contributed by atoms with Crippen molar-refractivity contribution in [1.29, 1.82) is 0 Å². The van der Waals surface area contributed by atoms with E-state index in [9.17, 15) is 27.9 Å². The number of fused-ring (bicyclic) bond motifs is 1. The Morgan fingerprint density at radius 2 is 1.93 bits per heavy atom. The van der Waals surface area contributed by atoms with Gasteiger partial charge < -0.3 is 15.2 Å². The van der Waals surface area contributed by atoms with Gasteiger partial charge in [-0.05, 0) is 57.4 Å². The van der Waals surface area contributed by atoms with Gasteiger partial charge in [-0.1, -0.05) is 6.92 Å². The van der Waals surface area contributed by atoms with Crippen molar-refractivity contribution in [1.82, 2.24) is 5.32 Å². The van der Waals surface area contributed by atoms with Crippen molar-refractivity contribution in [3.63, 3.8) is 0 Å². The lowest BCUT2D eigenvalue weighted by atomic mass is 9.89. The van der Waals surface area contributed by atoms with Crippen LogP contribution < -0.4 is 10.2 Å². The SMILES string of the molecule is CC[C@@H]1C[C@H](NC(=O)OC(C)(C)C)c2cc(C(F)(F)F)ccc2N1C(=O)O. The number of nitrogens with zero attached hydrogens (tertiary/aromatic N) is 1. The topological polar surface area (TPSA) is 78.9 Å². The Morgan fingerprint density at radius 1 is 1.30 bits per heavy atom. The maximum atomic E-state index is 13.1. The summed E-state index contributed by atoms with van der Waals surface area (Å²) in [5.41, 5.74) is -1.44. The third kappa shape index (κ3) is 4.84. The van der Waals surface area contributed by atoms with E-state index < -0.39 is 41.6 Å². The molecule has 6 nitrogen and oxygen atoms in total. The van der Waals surface area contributed by atoms with E-state index in [1.165, 1.54) is 0 Å². The Balaban J connectivity index is 2.47.